The van der Waals surface area contributed by atoms with Crippen molar-refractivity contribution in [1.29, 1.82) is 0 Å². The van der Waals surface area contributed by atoms with Crippen LogP contribution in [0, 0.1) is 0 Å². The quantitative estimate of drug-likeness (QED) is 0.813. The number of hydrogen-bond acceptors (Lipinski definition) is 2. The maximum Gasteiger partial charge on any atom is 0.497 e. The highest BCUT2D eigenvalue weighted by Crippen LogP contribution is 2.37. The Balaban J connectivity index is 2.08. The number of hydrogen-bond donors (Lipinski definition) is 1. The number of aromatic amines is 1. The number of nitrogens with one attached hydrogen (secondary N) is 1. The van der Waals surface area contributed by atoms with Crippen molar-refractivity contribution >= 4 is 35.1 Å². The molecule has 1 aliphatic heterocycles. The lowest BCUT2D eigenvalue weighted by molar-refractivity contribution is 0.00578. The van der Waals surface area contributed by atoms with Gasteiger partial charge in [0.2, 0.25) is 0 Å². The molecule has 0 bridgehead atoms. The molecule has 5 heteroatoms. The van der Waals surface area contributed by atoms with E-state index in [0.29, 0.717) is 5.02 Å². The maximum absolute atomic E-state index is 6.29. The molecule has 1 saturated heterocycles. The summed E-state index contributed by atoms with van der Waals surface area (Å²) in [6.45, 7) is 8.18. The number of benzene rings is 1. The van der Waals surface area contributed by atoms with Crippen LogP contribution in [0.1, 0.15) is 27.7 Å². The summed E-state index contributed by atoms with van der Waals surface area (Å²) in [4.78, 5) is 3.22. The Morgan fingerprint density at radius 3 is 2.37 bits per heavy atom. The van der Waals surface area contributed by atoms with Crippen molar-refractivity contribution in [3.8, 4) is 0 Å². The normalized spacial score (nSPS) is 21.2. The van der Waals surface area contributed by atoms with Gasteiger partial charge in [0, 0.05) is 27.6 Å². The van der Waals surface area contributed by atoms with E-state index in [4.69, 9.17) is 20.9 Å². The first-order chi connectivity index (χ1) is 8.82. The number of aromatic nitrogens is 1. The van der Waals surface area contributed by atoms with Gasteiger partial charge in [0.25, 0.3) is 0 Å². The first-order valence-electron chi connectivity index (χ1n) is 6.43. The maximum atomic E-state index is 6.29. The van der Waals surface area contributed by atoms with Gasteiger partial charge in [-0.3, -0.25) is 0 Å². The zero-order valence-electron chi connectivity index (χ0n) is 11.6. The van der Waals surface area contributed by atoms with Crippen LogP contribution in [-0.4, -0.2) is 23.3 Å². The molecule has 1 aliphatic rings. The fourth-order valence-electron chi connectivity index (χ4n) is 2.32. The first-order valence-corrected chi connectivity index (χ1v) is 6.81. The number of halogens is 1. The molecule has 0 radical (unpaired) electrons. The van der Waals surface area contributed by atoms with Crippen molar-refractivity contribution in [3.63, 3.8) is 0 Å². The van der Waals surface area contributed by atoms with E-state index in [1.54, 1.807) is 0 Å². The van der Waals surface area contributed by atoms with Crippen molar-refractivity contribution in [2.75, 3.05) is 0 Å². The minimum Gasteiger partial charge on any atom is -0.399 e. The average molecular weight is 278 g/mol. The Labute approximate surface area is 118 Å². The van der Waals surface area contributed by atoms with Crippen LogP contribution in [0.4, 0.5) is 0 Å². The van der Waals surface area contributed by atoms with Crippen LogP contribution >= 0.6 is 11.6 Å². The van der Waals surface area contributed by atoms with Crippen LogP contribution in [-0.2, 0) is 9.31 Å². The molecule has 0 atom stereocenters. The van der Waals surface area contributed by atoms with Crippen molar-refractivity contribution in [3.05, 3.63) is 29.4 Å². The minimum absolute atomic E-state index is 0.345. The molecule has 0 spiro atoms. The lowest BCUT2D eigenvalue weighted by atomic mass is 9.79. The molecule has 1 aromatic carbocycles. The van der Waals surface area contributed by atoms with E-state index in [1.165, 1.54) is 0 Å². The lowest BCUT2D eigenvalue weighted by Crippen LogP contribution is -2.41. The predicted molar refractivity (Wildman–Crippen MR) is 79.0 cm³/mol. The van der Waals surface area contributed by atoms with Crippen LogP contribution < -0.4 is 5.46 Å². The highest BCUT2D eigenvalue weighted by Gasteiger charge is 2.52. The molecule has 100 valence electrons. The van der Waals surface area contributed by atoms with Gasteiger partial charge in [-0.15, -0.1) is 0 Å². The first kappa shape index (κ1) is 13.0. The Morgan fingerprint density at radius 2 is 1.74 bits per heavy atom. The van der Waals surface area contributed by atoms with E-state index in [1.807, 2.05) is 52.1 Å². The highest BCUT2D eigenvalue weighted by molar-refractivity contribution is 6.66. The second-order valence-corrected chi connectivity index (χ2v) is 6.40. The van der Waals surface area contributed by atoms with E-state index < -0.39 is 7.12 Å². The lowest BCUT2D eigenvalue weighted by Gasteiger charge is -2.32. The van der Waals surface area contributed by atoms with Gasteiger partial charge in [0.15, 0.2) is 0 Å². The van der Waals surface area contributed by atoms with E-state index in [-0.39, 0.29) is 11.2 Å². The highest BCUT2D eigenvalue weighted by atomic mass is 35.5. The third-order valence-electron chi connectivity index (χ3n) is 4.19. The van der Waals surface area contributed by atoms with Gasteiger partial charge >= 0.3 is 7.12 Å². The van der Waals surface area contributed by atoms with Crippen molar-refractivity contribution in [2.24, 2.45) is 0 Å². The fourth-order valence-corrected chi connectivity index (χ4v) is 2.61. The van der Waals surface area contributed by atoms with Crippen molar-refractivity contribution < 1.29 is 9.31 Å². The van der Waals surface area contributed by atoms with Gasteiger partial charge in [-0.05, 0) is 39.8 Å². The Morgan fingerprint density at radius 1 is 1.11 bits per heavy atom. The largest absolute Gasteiger partial charge is 0.497 e. The molecule has 0 aliphatic carbocycles. The summed E-state index contributed by atoms with van der Waals surface area (Å²) in [5.41, 5.74) is 1.27. The van der Waals surface area contributed by atoms with Crippen molar-refractivity contribution in [1.82, 2.24) is 4.98 Å². The van der Waals surface area contributed by atoms with E-state index in [0.717, 1.165) is 16.4 Å². The fraction of sp³-hybridized carbons (Fsp3) is 0.429. The zero-order chi connectivity index (χ0) is 13.8. The second-order valence-electron chi connectivity index (χ2n) is 5.99. The summed E-state index contributed by atoms with van der Waals surface area (Å²) in [5.74, 6) is 0. The van der Waals surface area contributed by atoms with Gasteiger partial charge < -0.3 is 14.3 Å². The standard InChI is InChI=1S/C14H17BClNO2/c1-13(2)14(3,4)19-15(18-13)9-8-17-11-7-5-6-10(16)12(9)11/h5-8,17H,1-4H3. The molecule has 0 amide bonds. The van der Waals surface area contributed by atoms with Crippen LogP contribution in [0.25, 0.3) is 10.9 Å². The third kappa shape index (κ3) is 1.90. The summed E-state index contributed by atoms with van der Waals surface area (Å²) in [6.07, 6.45) is 1.92. The summed E-state index contributed by atoms with van der Waals surface area (Å²) >= 11 is 6.29. The smallest absolute Gasteiger partial charge is 0.399 e. The van der Waals surface area contributed by atoms with E-state index in [2.05, 4.69) is 4.98 Å². The van der Waals surface area contributed by atoms with Gasteiger partial charge in [-0.25, -0.2) is 0 Å². The second kappa shape index (κ2) is 4.01. The molecular formula is C14H17BClNO2. The Bertz CT molecular complexity index is 619. The minimum atomic E-state index is -0.390. The molecule has 1 fully saturated rings. The summed E-state index contributed by atoms with van der Waals surface area (Å²) in [7, 11) is -0.390. The average Bonchev–Trinajstić information content (AvgIpc) is 2.80. The van der Waals surface area contributed by atoms with Gasteiger partial charge in [0.05, 0.1) is 11.2 Å². The molecule has 0 saturated carbocycles. The Hall–Kier alpha value is -0.965. The molecule has 19 heavy (non-hydrogen) atoms. The SMILES string of the molecule is CC1(C)OB(c2c[nH]c3cccc(Cl)c23)OC1(C)C. The van der Waals surface area contributed by atoms with Gasteiger partial charge in [-0.2, -0.15) is 0 Å². The molecule has 3 rings (SSSR count). The molecule has 2 aromatic rings. The van der Waals surface area contributed by atoms with Crippen LogP contribution in [0.15, 0.2) is 24.4 Å². The van der Waals surface area contributed by atoms with Crippen LogP contribution in [0.2, 0.25) is 5.02 Å². The Kier molecular flexibility index (Phi) is 2.75. The monoisotopic (exact) mass is 277 g/mol. The number of H-pyrrole nitrogens is 1. The third-order valence-corrected chi connectivity index (χ3v) is 4.51. The van der Waals surface area contributed by atoms with Gasteiger partial charge in [-0.1, -0.05) is 17.7 Å². The van der Waals surface area contributed by atoms with Crippen molar-refractivity contribution in [2.45, 2.75) is 38.9 Å². The molecule has 1 aromatic heterocycles. The molecule has 0 unspecified atom stereocenters. The zero-order valence-corrected chi connectivity index (χ0v) is 12.3. The molecule has 2 heterocycles. The summed E-state index contributed by atoms with van der Waals surface area (Å²) < 4.78 is 12.1. The molecular weight excluding hydrogens is 260 g/mol. The number of fused-ring (bicyclic) bond motifs is 1. The predicted octanol–water partition coefficient (Wildman–Crippen LogP) is 3.12. The summed E-state index contributed by atoms with van der Waals surface area (Å²) in [6, 6.07) is 5.80. The summed E-state index contributed by atoms with van der Waals surface area (Å²) in [5, 5.41) is 1.69. The topological polar surface area (TPSA) is 34.2 Å². The molecule has 1 N–H and O–H groups in total. The van der Waals surface area contributed by atoms with Crippen LogP contribution in [0.5, 0.6) is 0 Å². The van der Waals surface area contributed by atoms with Crippen LogP contribution in [0.3, 0.4) is 0 Å². The van der Waals surface area contributed by atoms with E-state index >= 15 is 0 Å². The van der Waals surface area contributed by atoms with Gasteiger partial charge in [0.1, 0.15) is 0 Å². The molecule has 3 nitrogen and oxygen atoms in total. The number of rotatable bonds is 1. The van der Waals surface area contributed by atoms with E-state index in [9.17, 15) is 0 Å².